The second-order valence-corrected chi connectivity index (χ2v) is 5.19. The summed E-state index contributed by atoms with van der Waals surface area (Å²) in [4.78, 5) is 11.0. The molecule has 4 heteroatoms. The van der Waals surface area contributed by atoms with Gasteiger partial charge in [-0.15, -0.1) is 0 Å². The van der Waals surface area contributed by atoms with Gasteiger partial charge in [0, 0.05) is 10.0 Å². The summed E-state index contributed by atoms with van der Waals surface area (Å²) in [5.74, 6) is 0.828. The predicted molar refractivity (Wildman–Crippen MR) is 76.1 cm³/mol. The molecule has 0 N–H and O–H groups in total. The monoisotopic (exact) mass is 326 g/mol. The van der Waals surface area contributed by atoms with E-state index in [0.717, 1.165) is 22.0 Å². The summed E-state index contributed by atoms with van der Waals surface area (Å²) < 4.78 is 6.55. The fourth-order valence-corrected chi connectivity index (χ4v) is 2.45. The Morgan fingerprint density at radius 2 is 2.11 bits per heavy atom. The van der Waals surface area contributed by atoms with Gasteiger partial charge in [0.2, 0.25) is 0 Å². The van der Waals surface area contributed by atoms with E-state index in [2.05, 4.69) is 28.9 Å². The second kappa shape index (κ2) is 5.29. The largest absolute Gasteiger partial charge is 0.452 e. The van der Waals surface area contributed by atoms with Crippen molar-refractivity contribution in [2.45, 2.75) is 20.3 Å². The van der Waals surface area contributed by atoms with Gasteiger partial charge >= 0.3 is 0 Å². The van der Waals surface area contributed by atoms with Crippen molar-refractivity contribution in [3.63, 3.8) is 0 Å². The maximum absolute atomic E-state index is 11.0. The van der Waals surface area contributed by atoms with Gasteiger partial charge in [-0.3, -0.25) is 4.79 Å². The smallest absolute Gasteiger partial charge is 0.287 e. The summed E-state index contributed by atoms with van der Waals surface area (Å²) in [6.45, 7) is 4.13. The first kappa shape index (κ1) is 13.4. The van der Waals surface area contributed by atoms with Crippen LogP contribution in [0.25, 0.3) is 11.3 Å². The highest BCUT2D eigenvalue weighted by molar-refractivity contribution is 9.10. The van der Waals surface area contributed by atoms with Crippen LogP contribution in [0, 0.1) is 6.92 Å². The molecule has 0 amide bonds. The first-order valence-corrected chi connectivity index (χ1v) is 6.79. The molecular formula is C14H12BrClO2. The van der Waals surface area contributed by atoms with Gasteiger partial charge < -0.3 is 4.42 Å². The van der Waals surface area contributed by atoms with Gasteiger partial charge in [-0.2, -0.15) is 0 Å². The van der Waals surface area contributed by atoms with Gasteiger partial charge in [0.05, 0.1) is 0 Å². The zero-order valence-corrected chi connectivity index (χ0v) is 12.4. The SMILES string of the molecule is CCc1cc(-c2ccc(C(=O)Cl)o2)cc(C)c1Br. The van der Waals surface area contributed by atoms with Crippen LogP contribution < -0.4 is 0 Å². The van der Waals surface area contributed by atoms with E-state index < -0.39 is 5.24 Å². The minimum atomic E-state index is -0.578. The topological polar surface area (TPSA) is 30.2 Å². The van der Waals surface area contributed by atoms with Crippen molar-refractivity contribution in [1.29, 1.82) is 0 Å². The van der Waals surface area contributed by atoms with Crippen LogP contribution in [0.4, 0.5) is 0 Å². The quantitative estimate of drug-likeness (QED) is 0.746. The molecule has 0 aliphatic heterocycles. The standard InChI is InChI=1S/C14H12BrClO2/c1-3-9-7-10(6-8(2)13(9)15)11-4-5-12(18-11)14(16)17/h4-7H,3H2,1-2H3. The lowest BCUT2D eigenvalue weighted by Gasteiger charge is -2.08. The molecule has 0 atom stereocenters. The molecule has 0 unspecified atom stereocenters. The molecule has 1 aromatic carbocycles. The van der Waals surface area contributed by atoms with Crippen molar-refractivity contribution in [2.24, 2.45) is 0 Å². The third kappa shape index (κ3) is 2.52. The van der Waals surface area contributed by atoms with Crippen LogP contribution in [0.3, 0.4) is 0 Å². The number of carbonyl (C=O) groups excluding carboxylic acids is 1. The summed E-state index contributed by atoms with van der Waals surface area (Å²) in [7, 11) is 0. The number of benzene rings is 1. The molecule has 2 aromatic rings. The molecule has 0 saturated carbocycles. The predicted octanol–water partition coefficient (Wildman–Crippen LogP) is 4.96. The third-order valence-corrected chi connectivity index (χ3v) is 4.12. The molecule has 0 fully saturated rings. The van der Waals surface area contributed by atoms with Gasteiger partial charge in [0.25, 0.3) is 5.24 Å². The van der Waals surface area contributed by atoms with Crippen molar-refractivity contribution in [1.82, 2.24) is 0 Å². The van der Waals surface area contributed by atoms with Crippen LogP contribution in [0.2, 0.25) is 0 Å². The first-order valence-electron chi connectivity index (χ1n) is 5.62. The second-order valence-electron chi connectivity index (χ2n) is 4.06. The average molecular weight is 328 g/mol. The summed E-state index contributed by atoms with van der Waals surface area (Å²) in [6, 6.07) is 7.42. The third-order valence-electron chi connectivity index (χ3n) is 2.80. The molecule has 0 spiro atoms. The fourth-order valence-electron chi connectivity index (χ4n) is 1.84. The van der Waals surface area contributed by atoms with E-state index in [1.165, 1.54) is 5.56 Å². The van der Waals surface area contributed by atoms with Crippen LogP contribution in [0.15, 0.2) is 33.2 Å². The number of rotatable bonds is 3. The molecule has 18 heavy (non-hydrogen) atoms. The van der Waals surface area contributed by atoms with E-state index in [1.54, 1.807) is 12.1 Å². The van der Waals surface area contributed by atoms with E-state index in [4.69, 9.17) is 16.0 Å². The number of carbonyl (C=O) groups is 1. The minimum Gasteiger partial charge on any atom is -0.452 e. The van der Waals surface area contributed by atoms with E-state index in [-0.39, 0.29) is 5.76 Å². The van der Waals surface area contributed by atoms with Crippen molar-refractivity contribution in [3.8, 4) is 11.3 Å². The number of furan rings is 1. The summed E-state index contributed by atoms with van der Waals surface area (Å²) in [5, 5.41) is -0.578. The van der Waals surface area contributed by atoms with E-state index in [0.29, 0.717) is 5.76 Å². The van der Waals surface area contributed by atoms with Gasteiger partial charge in [-0.25, -0.2) is 0 Å². The van der Waals surface area contributed by atoms with Crippen molar-refractivity contribution < 1.29 is 9.21 Å². The van der Waals surface area contributed by atoms with Crippen molar-refractivity contribution >= 4 is 32.8 Å². The van der Waals surface area contributed by atoms with Crippen LogP contribution in [0.5, 0.6) is 0 Å². The molecular weight excluding hydrogens is 316 g/mol. The molecule has 0 radical (unpaired) electrons. The number of halogens is 2. The van der Waals surface area contributed by atoms with Crippen molar-refractivity contribution in [2.75, 3.05) is 0 Å². The normalized spacial score (nSPS) is 10.7. The Kier molecular flexibility index (Phi) is 3.93. The Labute approximate surface area is 119 Å². The van der Waals surface area contributed by atoms with Gasteiger partial charge in [0.15, 0.2) is 5.76 Å². The maximum atomic E-state index is 11.0. The van der Waals surface area contributed by atoms with Crippen LogP contribution in [0.1, 0.15) is 28.6 Å². The van der Waals surface area contributed by atoms with Gasteiger partial charge in [-0.05, 0) is 60.3 Å². The molecule has 0 aliphatic carbocycles. The van der Waals surface area contributed by atoms with E-state index in [9.17, 15) is 4.79 Å². The fraction of sp³-hybridized carbons (Fsp3) is 0.214. The lowest BCUT2D eigenvalue weighted by atomic mass is 10.0. The molecule has 2 nitrogen and oxygen atoms in total. The van der Waals surface area contributed by atoms with Crippen LogP contribution in [-0.2, 0) is 6.42 Å². The number of hydrogen-bond acceptors (Lipinski definition) is 2. The van der Waals surface area contributed by atoms with Crippen LogP contribution >= 0.6 is 27.5 Å². The molecule has 94 valence electrons. The lowest BCUT2D eigenvalue weighted by Crippen LogP contribution is -1.88. The highest BCUT2D eigenvalue weighted by Gasteiger charge is 2.12. The maximum Gasteiger partial charge on any atom is 0.287 e. The number of hydrogen-bond donors (Lipinski definition) is 0. The minimum absolute atomic E-state index is 0.172. The molecule has 1 heterocycles. The summed E-state index contributed by atoms with van der Waals surface area (Å²) in [6.07, 6.45) is 0.928. The Morgan fingerprint density at radius 3 is 2.67 bits per heavy atom. The first-order chi connectivity index (χ1) is 8.52. The van der Waals surface area contributed by atoms with E-state index >= 15 is 0 Å². The molecule has 0 bridgehead atoms. The zero-order chi connectivity index (χ0) is 13.3. The van der Waals surface area contributed by atoms with Crippen molar-refractivity contribution in [3.05, 3.63) is 45.6 Å². The Morgan fingerprint density at radius 1 is 1.39 bits per heavy atom. The molecule has 0 aliphatic rings. The highest BCUT2D eigenvalue weighted by Crippen LogP contribution is 2.30. The average Bonchev–Trinajstić information content (AvgIpc) is 2.82. The Bertz CT molecular complexity index is 602. The van der Waals surface area contributed by atoms with Gasteiger partial charge in [-0.1, -0.05) is 22.9 Å². The summed E-state index contributed by atoms with van der Waals surface area (Å²) in [5.41, 5.74) is 3.30. The number of aryl methyl sites for hydroxylation is 2. The summed E-state index contributed by atoms with van der Waals surface area (Å²) >= 11 is 8.95. The lowest BCUT2D eigenvalue weighted by molar-refractivity contribution is 0.105. The van der Waals surface area contributed by atoms with E-state index in [1.807, 2.05) is 13.0 Å². The molecule has 2 rings (SSSR count). The Balaban J connectivity index is 2.50. The zero-order valence-electron chi connectivity index (χ0n) is 10.1. The Hall–Kier alpha value is -1.06. The molecule has 1 aromatic heterocycles. The molecule has 0 saturated heterocycles. The van der Waals surface area contributed by atoms with Gasteiger partial charge in [0.1, 0.15) is 5.76 Å². The highest BCUT2D eigenvalue weighted by atomic mass is 79.9. The van der Waals surface area contributed by atoms with Crippen LogP contribution in [-0.4, -0.2) is 5.24 Å².